The van der Waals surface area contributed by atoms with E-state index in [0.717, 1.165) is 11.1 Å². The third kappa shape index (κ3) is 4.63. The zero-order valence-corrected chi connectivity index (χ0v) is 16.9. The van der Waals surface area contributed by atoms with E-state index >= 15 is 0 Å². The smallest absolute Gasteiger partial charge is 0.339 e. The first-order valence-corrected chi connectivity index (χ1v) is 9.76. The Labute approximate surface area is 183 Å². The number of carbonyl (C=O) groups is 2. The zero-order valence-electron chi connectivity index (χ0n) is 16.2. The van der Waals surface area contributed by atoms with E-state index in [0.29, 0.717) is 10.8 Å². The van der Waals surface area contributed by atoms with Crippen LogP contribution in [-0.4, -0.2) is 21.8 Å². The van der Waals surface area contributed by atoms with Gasteiger partial charge in [-0.2, -0.15) is 0 Å². The molecule has 4 aromatic rings. The number of carboxylic acid groups (broad SMARTS) is 1. The second-order valence-corrected chi connectivity index (χ2v) is 7.14. The van der Waals surface area contributed by atoms with Crippen molar-refractivity contribution in [1.82, 2.24) is 4.98 Å². The molecule has 0 fully saturated rings. The van der Waals surface area contributed by atoms with Crippen LogP contribution < -0.4 is 4.74 Å². The highest BCUT2D eigenvalue weighted by molar-refractivity contribution is 6.30. The van der Waals surface area contributed by atoms with Crippen molar-refractivity contribution < 1.29 is 19.4 Å². The number of carbonyl (C=O) groups excluding carboxylic acids is 1. The van der Waals surface area contributed by atoms with E-state index in [2.05, 4.69) is 4.98 Å². The molecule has 152 valence electrons. The highest BCUT2D eigenvalue weighted by Crippen LogP contribution is 2.27. The predicted molar refractivity (Wildman–Crippen MR) is 118 cm³/mol. The lowest BCUT2D eigenvalue weighted by atomic mass is 10.0. The van der Waals surface area contributed by atoms with Gasteiger partial charge >= 0.3 is 5.97 Å². The Kier molecular flexibility index (Phi) is 5.78. The molecule has 3 aromatic carbocycles. The van der Waals surface area contributed by atoms with Gasteiger partial charge in [0.05, 0.1) is 0 Å². The number of ketones is 1. The average molecular weight is 430 g/mol. The molecule has 1 N–H and O–H groups in total. The summed E-state index contributed by atoms with van der Waals surface area (Å²) in [7, 11) is 0. The molecule has 31 heavy (non-hydrogen) atoms. The minimum absolute atomic E-state index is 0.104. The van der Waals surface area contributed by atoms with E-state index in [1.165, 1.54) is 18.2 Å². The number of rotatable bonds is 6. The summed E-state index contributed by atoms with van der Waals surface area (Å²) in [4.78, 5) is 28.9. The van der Waals surface area contributed by atoms with E-state index < -0.39 is 5.97 Å². The molecule has 5 nitrogen and oxygen atoms in total. The van der Waals surface area contributed by atoms with Crippen LogP contribution in [0.25, 0.3) is 11.1 Å². The predicted octanol–water partition coefficient (Wildman–Crippen LogP) is 6.12. The minimum Gasteiger partial charge on any atom is -0.478 e. The van der Waals surface area contributed by atoms with E-state index in [9.17, 15) is 14.7 Å². The molecule has 0 atom stereocenters. The Morgan fingerprint density at radius 2 is 1.55 bits per heavy atom. The van der Waals surface area contributed by atoms with E-state index in [1.54, 1.807) is 54.7 Å². The maximum Gasteiger partial charge on any atom is 0.339 e. The molecule has 0 aliphatic carbocycles. The van der Waals surface area contributed by atoms with E-state index in [1.807, 2.05) is 18.2 Å². The Hall–Kier alpha value is -3.96. The number of hydrogen-bond acceptors (Lipinski definition) is 4. The van der Waals surface area contributed by atoms with Crippen LogP contribution in [-0.2, 0) is 0 Å². The molecule has 1 heterocycles. The molecule has 0 radical (unpaired) electrons. The summed E-state index contributed by atoms with van der Waals surface area (Å²) in [5.74, 6) is -0.909. The summed E-state index contributed by atoms with van der Waals surface area (Å²) >= 11 is 5.91. The van der Waals surface area contributed by atoms with Gasteiger partial charge < -0.3 is 9.84 Å². The number of nitrogens with zero attached hydrogens (tertiary/aromatic N) is 1. The molecule has 0 saturated heterocycles. The molecule has 0 bridgehead atoms. The first-order valence-electron chi connectivity index (χ1n) is 9.38. The van der Waals surface area contributed by atoms with Crippen LogP contribution >= 0.6 is 11.6 Å². The van der Waals surface area contributed by atoms with Gasteiger partial charge in [0.25, 0.3) is 0 Å². The number of halogens is 1. The standard InChI is InChI=1S/C25H16ClNO4/c26-19-10-6-16(7-11-19)18-8-12-22(27-15-18)24(28)17-9-13-23(21(14-17)25(29)30)31-20-4-2-1-3-5-20/h1-15H,(H,29,30). The van der Waals surface area contributed by atoms with Crippen LogP contribution in [0.3, 0.4) is 0 Å². The highest BCUT2D eigenvalue weighted by Gasteiger charge is 2.18. The maximum atomic E-state index is 12.9. The summed E-state index contributed by atoms with van der Waals surface area (Å²) < 4.78 is 5.67. The molecule has 0 aliphatic heterocycles. The van der Waals surface area contributed by atoms with Gasteiger partial charge in [-0.15, -0.1) is 0 Å². The zero-order chi connectivity index (χ0) is 21.8. The van der Waals surface area contributed by atoms with Crippen molar-refractivity contribution in [1.29, 1.82) is 0 Å². The van der Waals surface area contributed by atoms with Gasteiger partial charge in [-0.3, -0.25) is 9.78 Å². The first kappa shape index (κ1) is 20.3. The summed E-state index contributed by atoms with van der Waals surface area (Å²) in [6, 6.07) is 23.8. The Bertz CT molecular complexity index is 1240. The molecule has 6 heteroatoms. The Morgan fingerprint density at radius 1 is 0.839 bits per heavy atom. The number of aromatic nitrogens is 1. The normalized spacial score (nSPS) is 10.5. The van der Waals surface area contributed by atoms with Gasteiger partial charge in [0, 0.05) is 22.3 Å². The average Bonchev–Trinajstić information content (AvgIpc) is 2.80. The van der Waals surface area contributed by atoms with Gasteiger partial charge in [-0.25, -0.2) is 4.79 Å². The fourth-order valence-electron chi connectivity index (χ4n) is 3.03. The molecule has 1 aromatic heterocycles. The second-order valence-electron chi connectivity index (χ2n) is 6.70. The summed E-state index contributed by atoms with van der Waals surface area (Å²) in [5.41, 5.74) is 2.08. The van der Waals surface area contributed by atoms with E-state index in [4.69, 9.17) is 16.3 Å². The van der Waals surface area contributed by atoms with Gasteiger partial charge in [0.1, 0.15) is 22.8 Å². The minimum atomic E-state index is -1.19. The monoisotopic (exact) mass is 429 g/mol. The molecule has 0 unspecified atom stereocenters. The van der Waals surface area contributed by atoms with Crippen LogP contribution in [0.1, 0.15) is 26.4 Å². The van der Waals surface area contributed by atoms with Gasteiger partial charge in [-0.1, -0.05) is 48.0 Å². The molecule has 0 spiro atoms. The summed E-state index contributed by atoms with van der Waals surface area (Å²) in [6.07, 6.45) is 1.60. The molecular weight excluding hydrogens is 414 g/mol. The van der Waals surface area contributed by atoms with Crippen LogP contribution in [0.5, 0.6) is 11.5 Å². The Balaban J connectivity index is 1.60. The largest absolute Gasteiger partial charge is 0.478 e. The van der Waals surface area contributed by atoms with Gasteiger partial charge in [0.15, 0.2) is 0 Å². The Morgan fingerprint density at radius 3 is 2.19 bits per heavy atom. The lowest BCUT2D eigenvalue weighted by Gasteiger charge is -2.10. The molecular formula is C25H16ClNO4. The van der Waals surface area contributed by atoms with Crippen molar-refractivity contribution in [3.05, 3.63) is 113 Å². The fraction of sp³-hybridized carbons (Fsp3) is 0. The lowest BCUT2D eigenvalue weighted by Crippen LogP contribution is -2.07. The van der Waals surface area contributed by atoms with Crippen molar-refractivity contribution in [3.63, 3.8) is 0 Å². The number of carboxylic acids is 1. The lowest BCUT2D eigenvalue weighted by molar-refractivity contribution is 0.0694. The topological polar surface area (TPSA) is 76.5 Å². The fourth-order valence-corrected chi connectivity index (χ4v) is 3.16. The number of para-hydroxylation sites is 1. The molecule has 0 saturated carbocycles. The van der Waals surface area contributed by atoms with Gasteiger partial charge in [0.2, 0.25) is 5.78 Å². The van der Waals surface area contributed by atoms with Crippen molar-refractivity contribution >= 4 is 23.4 Å². The number of aromatic carboxylic acids is 1. The number of ether oxygens (including phenoxy) is 1. The SMILES string of the molecule is O=C(c1ccc(Oc2ccccc2)c(C(=O)O)c1)c1ccc(-c2ccc(Cl)cc2)cn1. The molecule has 0 amide bonds. The van der Waals surface area contributed by atoms with Crippen LogP contribution in [0, 0.1) is 0 Å². The van der Waals surface area contributed by atoms with Gasteiger partial charge in [-0.05, 0) is 54.1 Å². The van der Waals surface area contributed by atoms with Crippen molar-refractivity contribution in [2.24, 2.45) is 0 Å². The summed E-state index contributed by atoms with van der Waals surface area (Å²) in [6.45, 7) is 0. The third-order valence-corrected chi connectivity index (χ3v) is 4.87. The number of hydrogen-bond donors (Lipinski definition) is 1. The van der Waals surface area contributed by atoms with Crippen LogP contribution in [0.4, 0.5) is 0 Å². The van der Waals surface area contributed by atoms with Crippen LogP contribution in [0.15, 0.2) is 91.1 Å². The number of pyridine rings is 1. The molecule has 0 aliphatic rings. The quantitative estimate of drug-likeness (QED) is 0.373. The third-order valence-electron chi connectivity index (χ3n) is 4.62. The summed E-state index contributed by atoms with van der Waals surface area (Å²) in [5, 5.41) is 10.2. The van der Waals surface area contributed by atoms with Crippen molar-refractivity contribution in [2.75, 3.05) is 0 Å². The maximum absolute atomic E-state index is 12.9. The highest BCUT2D eigenvalue weighted by atomic mass is 35.5. The number of benzene rings is 3. The molecule has 4 rings (SSSR count). The van der Waals surface area contributed by atoms with Crippen molar-refractivity contribution in [2.45, 2.75) is 0 Å². The van der Waals surface area contributed by atoms with Crippen LogP contribution in [0.2, 0.25) is 5.02 Å². The first-order chi connectivity index (χ1) is 15.0. The van der Waals surface area contributed by atoms with Crippen molar-refractivity contribution in [3.8, 4) is 22.6 Å². The van der Waals surface area contributed by atoms with E-state index in [-0.39, 0.29) is 28.4 Å². The second kappa shape index (κ2) is 8.81.